The molecule has 1 atom stereocenters. The first-order valence-electron chi connectivity index (χ1n) is 6.83. The fraction of sp³-hybridized carbons (Fsp3) is 0.467. The van der Waals surface area contributed by atoms with E-state index in [1.807, 2.05) is 18.2 Å². The number of hydrogen-bond donors (Lipinski definition) is 2. The number of rotatable bonds is 3. The van der Waals surface area contributed by atoms with Gasteiger partial charge in [-0.05, 0) is 53.2 Å². The van der Waals surface area contributed by atoms with Gasteiger partial charge in [0.15, 0.2) is 0 Å². The molecule has 0 saturated carbocycles. The Hall–Kier alpha value is -0.350. The Morgan fingerprint density at radius 2 is 2.00 bits per heavy atom. The lowest BCUT2D eigenvalue weighted by molar-refractivity contribution is 0.555. The van der Waals surface area contributed by atoms with Crippen LogP contribution in [0.2, 0.25) is 5.02 Å². The first-order chi connectivity index (χ1) is 9.24. The number of nitrogens with two attached hydrogens (primary N) is 1. The summed E-state index contributed by atoms with van der Waals surface area (Å²) in [5.74, 6) is 5.78. The molecule has 0 heterocycles. The highest BCUT2D eigenvalue weighted by molar-refractivity contribution is 9.10. The van der Waals surface area contributed by atoms with Gasteiger partial charge in [0, 0.05) is 4.47 Å². The Labute approximate surface area is 128 Å². The molecule has 3 N–H and O–H groups in total. The molecule has 0 saturated heterocycles. The van der Waals surface area contributed by atoms with Crippen LogP contribution in [-0.2, 0) is 0 Å². The molecule has 0 fully saturated rings. The van der Waals surface area contributed by atoms with Gasteiger partial charge in [0.1, 0.15) is 0 Å². The van der Waals surface area contributed by atoms with Gasteiger partial charge in [-0.2, -0.15) is 0 Å². The highest BCUT2D eigenvalue weighted by atomic mass is 79.9. The fourth-order valence-corrected chi connectivity index (χ4v) is 3.24. The normalized spacial score (nSPS) is 21.1. The van der Waals surface area contributed by atoms with E-state index in [-0.39, 0.29) is 6.04 Å². The average molecular weight is 344 g/mol. The van der Waals surface area contributed by atoms with Crippen molar-refractivity contribution in [2.75, 3.05) is 0 Å². The maximum Gasteiger partial charge on any atom is 0.0684 e. The molecule has 0 aliphatic heterocycles. The molecule has 2 rings (SSSR count). The van der Waals surface area contributed by atoms with Crippen molar-refractivity contribution in [1.29, 1.82) is 0 Å². The van der Waals surface area contributed by atoms with Crippen LogP contribution in [0.5, 0.6) is 0 Å². The first-order valence-corrected chi connectivity index (χ1v) is 8.00. The Morgan fingerprint density at radius 3 is 2.79 bits per heavy atom. The molecule has 19 heavy (non-hydrogen) atoms. The van der Waals surface area contributed by atoms with Crippen LogP contribution in [0.4, 0.5) is 0 Å². The highest BCUT2D eigenvalue weighted by Gasteiger charge is 2.19. The van der Waals surface area contributed by atoms with Crippen molar-refractivity contribution in [2.24, 2.45) is 5.84 Å². The maximum absolute atomic E-state index is 6.39. The molecule has 0 spiro atoms. The molecule has 1 aromatic carbocycles. The third-order valence-electron chi connectivity index (χ3n) is 3.66. The van der Waals surface area contributed by atoms with Crippen molar-refractivity contribution in [1.82, 2.24) is 5.43 Å². The summed E-state index contributed by atoms with van der Waals surface area (Å²) in [5.41, 5.74) is 5.34. The van der Waals surface area contributed by atoms with Gasteiger partial charge in [-0.25, -0.2) is 5.43 Å². The predicted octanol–water partition coefficient (Wildman–Crippen LogP) is 4.89. The fourth-order valence-electron chi connectivity index (χ4n) is 2.62. The summed E-state index contributed by atoms with van der Waals surface area (Å²) < 4.78 is 0.915. The molecule has 0 bridgehead atoms. The lowest BCUT2D eigenvalue weighted by Gasteiger charge is -2.23. The minimum atomic E-state index is 0.0168. The summed E-state index contributed by atoms with van der Waals surface area (Å²) in [5, 5.41) is 0.744. The second kappa shape index (κ2) is 7.44. The summed E-state index contributed by atoms with van der Waals surface area (Å²) in [6.07, 6.45) is 9.71. The zero-order valence-electron chi connectivity index (χ0n) is 11.0. The van der Waals surface area contributed by atoms with Gasteiger partial charge in [0.25, 0.3) is 0 Å². The van der Waals surface area contributed by atoms with Crippen LogP contribution in [-0.4, -0.2) is 0 Å². The van der Waals surface area contributed by atoms with Gasteiger partial charge in [0.05, 0.1) is 11.1 Å². The molecule has 1 aliphatic carbocycles. The van der Waals surface area contributed by atoms with Crippen molar-refractivity contribution in [3.63, 3.8) is 0 Å². The zero-order valence-corrected chi connectivity index (χ0v) is 13.3. The van der Waals surface area contributed by atoms with Crippen LogP contribution in [0.3, 0.4) is 0 Å². The van der Waals surface area contributed by atoms with Gasteiger partial charge in [0.2, 0.25) is 0 Å². The minimum Gasteiger partial charge on any atom is -0.271 e. The van der Waals surface area contributed by atoms with E-state index in [1.54, 1.807) is 0 Å². The first kappa shape index (κ1) is 15.0. The van der Waals surface area contributed by atoms with Crippen molar-refractivity contribution in [2.45, 2.75) is 44.6 Å². The molecular formula is C15H20BrClN2. The van der Waals surface area contributed by atoms with Gasteiger partial charge in [-0.1, -0.05) is 48.2 Å². The van der Waals surface area contributed by atoms with Crippen LogP contribution in [0, 0.1) is 0 Å². The predicted molar refractivity (Wildman–Crippen MR) is 85.0 cm³/mol. The van der Waals surface area contributed by atoms with Crippen molar-refractivity contribution < 1.29 is 0 Å². The van der Waals surface area contributed by atoms with E-state index in [1.165, 1.54) is 31.3 Å². The summed E-state index contributed by atoms with van der Waals surface area (Å²) in [7, 11) is 0. The standard InChI is InChI=1S/C15H20BrClN2/c16-13-10-6-9-12(14(13)17)15(19-18)11-7-4-2-1-3-5-8-11/h6-7,9-10,15,19H,1-5,8,18H2/b11-7+. The minimum absolute atomic E-state index is 0.0168. The SMILES string of the molecule is NNC(/C1=C/CCCCCC1)c1cccc(Br)c1Cl. The van der Waals surface area contributed by atoms with Crippen LogP contribution >= 0.6 is 27.5 Å². The lowest BCUT2D eigenvalue weighted by atomic mass is 9.91. The third-order valence-corrected chi connectivity index (χ3v) is 4.97. The lowest BCUT2D eigenvalue weighted by Crippen LogP contribution is -2.30. The molecule has 4 heteroatoms. The Kier molecular flexibility index (Phi) is 5.89. The van der Waals surface area contributed by atoms with E-state index >= 15 is 0 Å². The monoisotopic (exact) mass is 342 g/mol. The quantitative estimate of drug-likeness (QED) is 0.466. The molecule has 1 aromatic rings. The van der Waals surface area contributed by atoms with E-state index in [2.05, 4.69) is 27.4 Å². The van der Waals surface area contributed by atoms with Crippen LogP contribution in [0.25, 0.3) is 0 Å². The van der Waals surface area contributed by atoms with Crippen molar-refractivity contribution in [3.8, 4) is 0 Å². The number of hydrazine groups is 1. The Balaban J connectivity index is 2.30. The van der Waals surface area contributed by atoms with E-state index in [9.17, 15) is 0 Å². The average Bonchev–Trinajstić information content (AvgIpc) is 2.37. The number of halogens is 2. The second-order valence-electron chi connectivity index (χ2n) is 4.97. The zero-order chi connectivity index (χ0) is 13.7. The maximum atomic E-state index is 6.39. The van der Waals surface area contributed by atoms with Gasteiger partial charge in [-0.15, -0.1) is 0 Å². The van der Waals surface area contributed by atoms with E-state index in [0.29, 0.717) is 0 Å². The molecule has 1 aliphatic rings. The van der Waals surface area contributed by atoms with Gasteiger partial charge >= 0.3 is 0 Å². The summed E-state index contributed by atoms with van der Waals surface area (Å²) >= 11 is 9.86. The molecule has 0 amide bonds. The Bertz CT molecular complexity index is 459. The van der Waals surface area contributed by atoms with Crippen molar-refractivity contribution >= 4 is 27.5 Å². The number of allylic oxidation sites excluding steroid dienone is 1. The van der Waals surface area contributed by atoms with E-state index < -0.39 is 0 Å². The smallest absolute Gasteiger partial charge is 0.0684 e. The molecule has 0 radical (unpaired) electrons. The molecule has 1 unspecified atom stereocenters. The summed E-state index contributed by atoms with van der Waals surface area (Å²) in [6.45, 7) is 0. The number of nitrogens with one attached hydrogen (secondary N) is 1. The van der Waals surface area contributed by atoms with E-state index in [0.717, 1.165) is 27.9 Å². The summed E-state index contributed by atoms with van der Waals surface area (Å²) in [6, 6.07) is 6.01. The molecule has 2 nitrogen and oxygen atoms in total. The van der Waals surface area contributed by atoms with Gasteiger partial charge < -0.3 is 0 Å². The van der Waals surface area contributed by atoms with Crippen LogP contribution in [0.15, 0.2) is 34.3 Å². The highest BCUT2D eigenvalue weighted by Crippen LogP contribution is 2.35. The number of benzene rings is 1. The molecule has 0 aromatic heterocycles. The van der Waals surface area contributed by atoms with Crippen LogP contribution < -0.4 is 11.3 Å². The topological polar surface area (TPSA) is 38.0 Å². The Morgan fingerprint density at radius 1 is 1.21 bits per heavy atom. The van der Waals surface area contributed by atoms with Gasteiger partial charge in [-0.3, -0.25) is 5.84 Å². The van der Waals surface area contributed by atoms with Crippen LogP contribution in [0.1, 0.15) is 50.1 Å². The third kappa shape index (κ3) is 3.82. The molecule has 104 valence electrons. The molecular weight excluding hydrogens is 324 g/mol. The number of hydrogen-bond acceptors (Lipinski definition) is 2. The largest absolute Gasteiger partial charge is 0.271 e. The van der Waals surface area contributed by atoms with E-state index in [4.69, 9.17) is 17.4 Å². The summed E-state index contributed by atoms with van der Waals surface area (Å²) in [4.78, 5) is 0. The van der Waals surface area contributed by atoms with Crippen molar-refractivity contribution in [3.05, 3.63) is 44.9 Å². The second-order valence-corrected chi connectivity index (χ2v) is 6.21.